The number of benzene rings is 2. The molecule has 3 rings (SSSR count). The Morgan fingerprint density at radius 3 is 2.23 bits per heavy atom. The van der Waals surface area contributed by atoms with Crippen molar-refractivity contribution >= 4 is 5.91 Å². The molecule has 2 aromatic rings. The summed E-state index contributed by atoms with van der Waals surface area (Å²) in [5, 5.41) is 13.0. The third-order valence-electron chi connectivity index (χ3n) is 4.86. The number of carbonyl (C=O) groups is 1. The second-order valence-electron chi connectivity index (χ2n) is 7.43. The van der Waals surface area contributed by atoms with E-state index in [2.05, 4.69) is 5.32 Å². The van der Waals surface area contributed by atoms with Crippen LogP contribution in [-0.4, -0.2) is 28.9 Å². The number of nitrogens with one attached hydrogen (secondary N) is 1. The summed E-state index contributed by atoms with van der Waals surface area (Å²) in [5.41, 5.74) is -2.88. The Balaban J connectivity index is 2.04. The van der Waals surface area contributed by atoms with Crippen LogP contribution in [0.25, 0.3) is 0 Å². The average molecular weight is 433 g/mol. The molecule has 1 amide bonds. The monoisotopic (exact) mass is 433 g/mol. The SMILES string of the molecule is CC1(C)Oc2ccc(C(F)(F)C(F)(F)F)cc2[C@@H](NC(=O)c2ccc(F)cc2)[C@@H]1O. The number of carbonyl (C=O) groups excluding carboxylic acids is 1. The van der Waals surface area contributed by atoms with Gasteiger partial charge >= 0.3 is 12.1 Å². The van der Waals surface area contributed by atoms with Gasteiger partial charge in [0.15, 0.2) is 0 Å². The first-order chi connectivity index (χ1) is 13.7. The van der Waals surface area contributed by atoms with Gasteiger partial charge in [-0.25, -0.2) is 4.39 Å². The number of aliphatic hydroxyl groups is 1. The first-order valence-corrected chi connectivity index (χ1v) is 8.76. The van der Waals surface area contributed by atoms with Crippen molar-refractivity contribution in [1.82, 2.24) is 5.32 Å². The van der Waals surface area contributed by atoms with E-state index in [9.17, 15) is 36.2 Å². The van der Waals surface area contributed by atoms with E-state index >= 15 is 0 Å². The number of hydrogen-bond donors (Lipinski definition) is 2. The molecular formula is C20H17F6NO3. The molecule has 10 heteroatoms. The fourth-order valence-corrected chi connectivity index (χ4v) is 3.14. The Bertz CT molecular complexity index is 956. The van der Waals surface area contributed by atoms with E-state index in [1.807, 2.05) is 0 Å². The first-order valence-electron chi connectivity index (χ1n) is 8.76. The van der Waals surface area contributed by atoms with Crippen LogP contribution in [0.1, 0.15) is 41.4 Å². The zero-order chi connectivity index (χ0) is 22.5. The van der Waals surface area contributed by atoms with Crippen LogP contribution in [-0.2, 0) is 5.92 Å². The summed E-state index contributed by atoms with van der Waals surface area (Å²) >= 11 is 0. The number of rotatable bonds is 3. The van der Waals surface area contributed by atoms with Gasteiger partial charge < -0.3 is 15.2 Å². The highest BCUT2D eigenvalue weighted by Gasteiger charge is 2.59. The molecule has 2 N–H and O–H groups in total. The van der Waals surface area contributed by atoms with Crippen molar-refractivity contribution in [2.24, 2.45) is 0 Å². The summed E-state index contributed by atoms with van der Waals surface area (Å²) in [6.07, 6.45) is -7.31. The highest BCUT2D eigenvalue weighted by Crippen LogP contribution is 2.47. The number of fused-ring (bicyclic) bond motifs is 1. The van der Waals surface area contributed by atoms with E-state index in [0.717, 1.165) is 30.3 Å². The molecule has 4 nitrogen and oxygen atoms in total. The van der Waals surface area contributed by atoms with Crippen LogP contribution < -0.4 is 10.1 Å². The van der Waals surface area contributed by atoms with E-state index < -0.39 is 47.1 Å². The predicted molar refractivity (Wildman–Crippen MR) is 93.7 cm³/mol. The normalized spacial score (nSPS) is 20.8. The van der Waals surface area contributed by atoms with Crippen LogP contribution >= 0.6 is 0 Å². The maximum atomic E-state index is 13.8. The molecule has 0 saturated heterocycles. The standard InChI is InChI=1S/C20H17F6NO3/c1-18(2)16(28)15(27-17(29)10-3-6-12(21)7-4-10)13-9-11(5-8-14(13)30-18)19(22,23)20(24,25)26/h3-9,15-16,28H,1-2H3,(H,27,29)/t15-,16+/m1/s1. The molecule has 30 heavy (non-hydrogen) atoms. The van der Waals surface area contributed by atoms with Gasteiger partial charge in [-0.05, 0) is 56.3 Å². The van der Waals surface area contributed by atoms with Gasteiger partial charge in [0.2, 0.25) is 0 Å². The third kappa shape index (κ3) is 3.83. The molecular weight excluding hydrogens is 416 g/mol. The maximum Gasteiger partial charge on any atom is 0.458 e. The summed E-state index contributed by atoms with van der Waals surface area (Å²) in [5.74, 6) is -6.58. The third-order valence-corrected chi connectivity index (χ3v) is 4.86. The van der Waals surface area contributed by atoms with Gasteiger partial charge in [0.1, 0.15) is 23.3 Å². The van der Waals surface area contributed by atoms with Crippen molar-refractivity contribution in [3.8, 4) is 5.75 Å². The largest absolute Gasteiger partial charge is 0.485 e. The molecule has 2 atom stereocenters. The van der Waals surface area contributed by atoms with E-state index in [0.29, 0.717) is 12.1 Å². The average Bonchev–Trinajstić information content (AvgIpc) is 2.64. The van der Waals surface area contributed by atoms with Crippen LogP contribution in [0.4, 0.5) is 26.3 Å². The molecule has 2 aromatic carbocycles. The van der Waals surface area contributed by atoms with Crippen molar-refractivity contribution < 1.29 is 41.0 Å². The van der Waals surface area contributed by atoms with E-state index in [4.69, 9.17) is 4.74 Å². The quantitative estimate of drug-likeness (QED) is 0.702. The summed E-state index contributed by atoms with van der Waals surface area (Å²) in [7, 11) is 0. The number of aliphatic hydroxyl groups excluding tert-OH is 1. The van der Waals surface area contributed by atoms with Crippen molar-refractivity contribution in [3.63, 3.8) is 0 Å². The van der Waals surface area contributed by atoms with Gasteiger partial charge in [-0.1, -0.05) is 0 Å². The second-order valence-corrected chi connectivity index (χ2v) is 7.43. The molecule has 0 aromatic heterocycles. The lowest BCUT2D eigenvalue weighted by Crippen LogP contribution is -2.53. The second kappa shape index (κ2) is 7.19. The van der Waals surface area contributed by atoms with Crippen molar-refractivity contribution in [1.29, 1.82) is 0 Å². The van der Waals surface area contributed by atoms with Crippen LogP contribution in [0.5, 0.6) is 5.75 Å². The molecule has 162 valence electrons. The molecule has 0 bridgehead atoms. The minimum atomic E-state index is -5.83. The van der Waals surface area contributed by atoms with Crippen LogP contribution in [0, 0.1) is 5.82 Å². The minimum absolute atomic E-state index is 0.00576. The van der Waals surface area contributed by atoms with Crippen LogP contribution in [0.2, 0.25) is 0 Å². The molecule has 0 fully saturated rings. The van der Waals surface area contributed by atoms with Crippen molar-refractivity contribution in [3.05, 3.63) is 65.0 Å². The van der Waals surface area contributed by atoms with Gasteiger partial charge in [0.25, 0.3) is 5.91 Å². The lowest BCUT2D eigenvalue weighted by Gasteiger charge is -2.42. The van der Waals surface area contributed by atoms with Gasteiger partial charge in [0, 0.05) is 16.7 Å². The van der Waals surface area contributed by atoms with Crippen LogP contribution in [0.15, 0.2) is 42.5 Å². The van der Waals surface area contributed by atoms with Gasteiger partial charge in [0.05, 0.1) is 6.04 Å². The molecule has 0 radical (unpaired) electrons. The van der Waals surface area contributed by atoms with E-state index in [1.165, 1.54) is 13.8 Å². The van der Waals surface area contributed by atoms with E-state index in [1.54, 1.807) is 0 Å². The number of halogens is 6. The lowest BCUT2D eigenvalue weighted by atomic mass is 9.85. The Labute approximate surface area is 167 Å². The fourth-order valence-electron chi connectivity index (χ4n) is 3.14. The minimum Gasteiger partial charge on any atom is -0.485 e. The number of amides is 1. The Kier molecular flexibility index (Phi) is 5.26. The molecule has 1 aliphatic rings. The molecule has 0 spiro atoms. The number of hydrogen-bond acceptors (Lipinski definition) is 3. The first kappa shape index (κ1) is 21.9. The Hall–Kier alpha value is -2.75. The highest BCUT2D eigenvalue weighted by atomic mass is 19.4. The topological polar surface area (TPSA) is 58.6 Å². The van der Waals surface area contributed by atoms with Gasteiger partial charge in [-0.3, -0.25) is 4.79 Å². The zero-order valence-corrected chi connectivity index (χ0v) is 15.7. The van der Waals surface area contributed by atoms with Gasteiger partial charge in [-0.15, -0.1) is 0 Å². The molecule has 1 aliphatic heterocycles. The summed E-state index contributed by atoms with van der Waals surface area (Å²) < 4.78 is 84.6. The smallest absolute Gasteiger partial charge is 0.458 e. The molecule has 0 saturated carbocycles. The number of ether oxygens (including phenoxy) is 1. The summed E-state index contributed by atoms with van der Waals surface area (Å²) in [6.45, 7) is 2.94. The lowest BCUT2D eigenvalue weighted by molar-refractivity contribution is -0.289. The zero-order valence-electron chi connectivity index (χ0n) is 15.7. The Morgan fingerprint density at radius 1 is 1.07 bits per heavy atom. The van der Waals surface area contributed by atoms with E-state index in [-0.39, 0.29) is 16.9 Å². The van der Waals surface area contributed by atoms with Crippen LogP contribution in [0.3, 0.4) is 0 Å². The maximum absolute atomic E-state index is 13.8. The number of alkyl halides is 5. The summed E-state index contributed by atoms with van der Waals surface area (Å²) in [6, 6.07) is 5.09. The fraction of sp³-hybridized carbons (Fsp3) is 0.350. The molecule has 1 heterocycles. The summed E-state index contributed by atoms with van der Waals surface area (Å²) in [4.78, 5) is 12.5. The van der Waals surface area contributed by atoms with Gasteiger partial charge in [-0.2, -0.15) is 22.0 Å². The van der Waals surface area contributed by atoms with Crippen molar-refractivity contribution in [2.75, 3.05) is 0 Å². The molecule has 0 aliphatic carbocycles. The predicted octanol–water partition coefficient (Wildman–Crippen LogP) is 4.48. The Morgan fingerprint density at radius 2 is 1.67 bits per heavy atom. The van der Waals surface area contributed by atoms with Crippen molar-refractivity contribution in [2.45, 2.75) is 43.7 Å². The highest BCUT2D eigenvalue weighted by molar-refractivity contribution is 5.94. The molecule has 0 unspecified atom stereocenters.